The predicted molar refractivity (Wildman–Crippen MR) is 87.2 cm³/mol. The smallest absolute Gasteiger partial charge is 0.337 e. The van der Waals surface area contributed by atoms with Crippen molar-refractivity contribution in [3.05, 3.63) is 30.0 Å². The van der Waals surface area contributed by atoms with Crippen molar-refractivity contribution >= 4 is 17.3 Å². The molecule has 1 aromatic heterocycles. The molecular weight excluding hydrogens is 296 g/mol. The molecule has 2 aromatic rings. The van der Waals surface area contributed by atoms with Crippen molar-refractivity contribution in [3.63, 3.8) is 0 Å². The Morgan fingerprint density at radius 1 is 1.57 bits per heavy atom. The molecule has 0 amide bonds. The number of carbonyl (C=O) groups is 1. The van der Waals surface area contributed by atoms with Crippen molar-refractivity contribution < 1.29 is 14.3 Å². The van der Waals surface area contributed by atoms with Crippen LogP contribution in [0.2, 0.25) is 0 Å². The van der Waals surface area contributed by atoms with Crippen molar-refractivity contribution in [1.82, 2.24) is 9.78 Å². The van der Waals surface area contributed by atoms with Crippen LogP contribution in [-0.2, 0) is 16.5 Å². The summed E-state index contributed by atoms with van der Waals surface area (Å²) in [5, 5.41) is 7.62. The number of nitrogen functional groups attached to an aromatic ring is 1. The highest BCUT2D eigenvalue weighted by molar-refractivity contribution is 5.96. The first-order valence-electron chi connectivity index (χ1n) is 7.46. The number of benzene rings is 1. The zero-order valence-corrected chi connectivity index (χ0v) is 13.2. The second-order valence-electron chi connectivity index (χ2n) is 5.51. The van der Waals surface area contributed by atoms with Gasteiger partial charge in [-0.1, -0.05) is 0 Å². The van der Waals surface area contributed by atoms with E-state index in [2.05, 4.69) is 10.4 Å². The summed E-state index contributed by atoms with van der Waals surface area (Å²) in [7, 11) is 3.19. The van der Waals surface area contributed by atoms with E-state index in [1.807, 2.05) is 19.3 Å². The molecule has 7 nitrogen and oxygen atoms in total. The van der Waals surface area contributed by atoms with Crippen LogP contribution in [0, 0.1) is 0 Å². The van der Waals surface area contributed by atoms with E-state index in [1.54, 1.807) is 16.8 Å². The standard InChI is InChI=1S/C16H20N4O3/c1-20-5-3-13(19-20)12-7-10(16(21)22-2)8-14(15(12)17)18-9-11-4-6-23-11/h3,5,7-8,11,18H,4,6,9,17H2,1-2H3. The average Bonchev–Trinajstić information content (AvgIpc) is 2.92. The van der Waals surface area contributed by atoms with Gasteiger partial charge in [-0.2, -0.15) is 5.10 Å². The molecule has 122 valence electrons. The van der Waals surface area contributed by atoms with E-state index in [4.69, 9.17) is 15.2 Å². The molecule has 0 spiro atoms. The summed E-state index contributed by atoms with van der Waals surface area (Å²) in [5.74, 6) is -0.412. The topological polar surface area (TPSA) is 91.4 Å². The van der Waals surface area contributed by atoms with Gasteiger partial charge in [-0.25, -0.2) is 4.79 Å². The number of anilines is 2. The molecule has 1 fully saturated rings. The van der Waals surface area contributed by atoms with Crippen molar-refractivity contribution in [2.75, 3.05) is 31.3 Å². The Bertz CT molecular complexity index is 722. The first kappa shape index (κ1) is 15.4. The van der Waals surface area contributed by atoms with Gasteiger partial charge in [0.25, 0.3) is 0 Å². The van der Waals surface area contributed by atoms with Crippen LogP contribution in [-0.4, -0.2) is 42.1 Å². The Balaban J connectivity index is 1.97. The van der Waals surface area contributed by atoms with Crippen LogP contribution >= 0.6 is 0 Å². The molecule has 1 unspecified atom stereocenters. The van der Waals surface area contributed by atoms with Crippen LogP contribution in [0.5, 0.6) is 0 Å². The molecule has 23 heavy (non-hydrogen) atoms. The molecule has 1 aromatic carbocycles. The average molecular weight is 316 g/mol. The normalized spacial score (nSPS) is 16.7. The monoisotopic (exact) mass is 316 g/mol. The number of methoxy groups -OCH3 is 1. The Kier molecular flexibility index (Phi) is 4.20. The van der Waals surface area contributed by atoms with Gasteiger partial charge in [-0.3, -0.25) is 4.68 Å². The van der Waals surface area contributed by atoms with E-state index in [9.17, 15) is 4.79 Å². The second kappa shape index (κ2) is 6.29. The lowest BCUT2D eigenvalue weighted by atomic mass is 10.0. The number of carbonyl (C=O) groups excluding carboxylic acids is 1. The summed E-state index contributed by atoms with van der Waals surface area (Å²) in [5.41, 5.74) is 9.35. The molecule has 1 aliphatic heterocycles. The number of hydrogen-bond acceptors (Lipinski definition) is 6. The zero-order chi connectivity index (χ0) is 16.4. The van der Waals surface area contributed by atoms with Gasteiger partial charge >= 0.3 is 5.97 Å². The molecule has 0 radical (unpaired) electrons. The number of aromatic nitrogens is 2. The second-order valence-corrected chi connectivity index (χ2v) is 5.51. The SMILES string of the molecule is COC(=O)c1cc(NCC2CCO2)c(N)c(-c2ccn(C)n2)c1. The number of ether oxygens (including phenoxy) is 2. The van der Waals surface area contributed by atoms with E-state index in [0.717, 1.165) is 13.0 Å². The van der Waals surface area contributed by atoms with Crippen molar-refractivity contribution in [2.45, 2.75) is 12.5 Å². The molecule has 7 heteroatoms. The van der Waals surface area contributed by atoms with E-state index < -0.39 is 5.97 Å². The maximum atomic E-state index is 11.9. The molecule has 1 atom stereocenters. The summed E-state index contributed by atoms with van der Waals surface area (Å²) in [4.78, 5) is 11.9. The van der Waals surface area contributed by atoms with E-state index in [1.165, 1.54) is 7.11 Å². The van der Waals surface area contributed by atoms with E-state index >= 15 is 0 Å². The van der Waals surface area contributed by atoms with Crippen LogP contribution in [0.1, 0.15) is 16.8 Å². The largest absolute Gasteiger partial charge is 0.465 e. The predicted octanol–water partition coefficient (Wildman–Crippen LogP) is 1.66. The highest BCUT2D eigenvalue weighted by Gasteiger charge is 2.20. The first-order valence-corrected chi connectivity index (χ1v) is 7.46. The summed E-state index contributed by atoms with van der Waals surface area (Å²) in [6, 6.07) is 5.26. The molecule has 0 saturated carbocycles. The number of nitrogens with zero attached hydrogens (tertiary/aromatic N) is 2. The van der Waals surface area contributed by atoms with Crippen molar-refractivity contribution in [1.29, 1.82) is 0 Å². The van der Waals surface area contributed by atoms with Crippen LogP contribution in [0.4, 0.5) is 11.4 Å². The fourth-order valence-electron chi connectivity index (χ4n) is 2.48. The quantitative estimate of drug-likeness (QED) is 0.644. The molecule has 1 saturated heterocycles. The van der Waals surface area contributed by atoms with Gasteiger partial charge in [0.1, 0.15) is 0 Å². The first-order chi connectivity index (χ1) is 11.1. The Hall–Kier alpha value is -2.54. The fourth-order valence-corrected chi connectivity index (χ4v) is 2.48. The minimum Gasteiger partial charge on any atom is -0.465 e. The molecule has 3 rings (SSSR count). The third kappa shape index (κ3) is 3.14. The highest BCUT2D eigenvalue weighted by Crippen LogP contribution is 2.33. The maximum Gasteiger partial charge on any atom is 0.337 e. The molecule has 1 aliphatic rings. The van der Waals surface area contributed by atoms with Crippen LogP contribution in [0.15, 0.2) is 24.4 Å². The summed E-state index contributed by atoms with van der Waals surface area (Å²) >= 11 is 0. The lowest BCUT2D eigenvalue weighted by Crippen LogP contribution is -2.33. The third-order valence-electron chi connectivity index (χ3n) is 3.90. The van der Waals surface area contributed by atoms with Gasteiger partial charge in [0.2, 0.25) is 0 Å². The number of aryl methyl sites for hydroxylation is 1. The Labute approximate surface area is 134 Å². The molecule has 2 heterocycles. The van der Waals surface area contributed by atoms with Gasteiger partial charge in [0.15, 0.2) is 0 Å². The molecule has 3 N–H and O–H groups in total. The number of esters is 1. The van der Waals surface area contributed by atoms with Crippen molar-refractivity contribution in [2.24, 2.45) is 7.05 Å². The zero-order valence-electron chi connectivity index (χ0n) is 13.2. The lowest BCUT2D eigenvalue weighted by Gasteiger charge is -2.27. The Morgan fingerprint density at radius 2 is 2.35 bits per heavy atom. The molecule has 0 aliphatic carbocycles. The Morgan fingerprint density at radius 3 is 2.91 bits per heavy atom. The highest BCUT2D eigenvalue weighted by atomic mass is 16.5. The van der Waals surface area contributed by atoms with Crippen LogP contribution in [0.25, 0.3) is 11.3 Å². The number of nitrogens with two attached hydrogens (primary N) is 1. The minimum absolute atomic E-state index is 0.189. The van der Waals surface area contributed by atoms with Crippen molar-refractivity contribution in [3.8, 4) is 11.3 Å². The van der Waals surface area contributed by atoms with Crippen LogP contribution < -0.4 is 11.1 Å². The third-order valence-corrected chi connectivity index (χ3v) is 3.90. The fraction of sp³-hybridized carbons (Fsp3) is 0.375. The number of rotatable bonds is 5. The number of hydrogen-bond donors (Lipinski definition) is 2. The maximum absolute atomic E-state index is 11.9. The molecular formula is C16H20N4O3. The summed E-state index contributed by atoms with van der Waals surface area (Å²) < 4.78 is 11.9. The number of nitrogens with one attached hydrogen (secondary N) is 1. The van der Waals surface area contributed by atoms with Gasteiger partial charge in [0, 0.05) is 32.0 Å². The van der Waals surface area contributed by atoms with Gasteiger partial charge in [0.05, 0.1) is 35.8 Å². The van der Waals surface area contributed by atoms with Gasteiger partial charge < -0.3 is 20.5 Å². The van der Waals surface area contributed by atoms with E-state index in [0.29, 0.717) is 34.7 Å². The van der Waals surface area contributed by atoms with Gasteiger partial charge in [-0.15, -0.1) is 0 Å². The minimum atomic E-state index is -0.412. The van der Waals surface area contributed by atoms with Gasteiger partial charge in [-0.05, 0) is 24.6 Å². The lowest BCUT2D eigenvalue weighted by molar-refractivity contribution is -0.0410. The summed E-state index contributed by atoms with van der Waals surface area (Å²) in [6.45, 7) is 1.44. The van der Waals surface area contributed by atoms with E-state index in [-0.39, 0.29) is 6.10 Å². The van der Waals surface area contributed by atoms with Crippen LogP contribution in [0.3, 0.4) is 0 Å². The summed E-state index contributed by atoms with van der Waals surface area (Å²) in [6.07, 6.45) is 3.04. The molecule has 0 bridgehead atoms.